The second-order valence-electron chi connectivity index (χ2n) is 2.83. The third-order valence-electron chi connectivity index (χ3n) is 1.66. The smallest absolute Gasteiger partial charge is 0.307 e. The molecule has 0 unspecified atom stereocenters. The quantitative estimate of drug-likeness (QED) is 0.838. The summed E-state index contributed by atoms with van der Waals surface area (Å²) >= 11 is 3.33. The van der Waals surface area contributed by atoms with E-state index >= 15 is 0 Å². The van der Waals surface area contributed by atoms with Crippen LogP contribution < -0.4 is 5.73 Å². The summed E-state index contributed by atoms with van der Waals surface area (Å²) in [6, 6.07) is 7.62. The van der Waals surface area contributed by atoms with Gasteiger partial charge in [-0.3, -0.25) is 4.79 Å². The molecule has 2 N–H and O–H groups in total. The first-order chi connectivity index (χ1) is 6.72. The van der Waals surface area contributed by atoms with Crippen LogP contribution in [0, 0.1) is 0 Å². The monoisotopic (exact) mass is 257 g/mol. The Morgan fingerprint density at radius 3 is 2.57 bits per heavy atom. The van der Waals surface area contributed by atoms with Crippen LogP contribution in [0.4, 0.5) is 0 Å². The molecule has 0 aliphatic carbocycles. The van der Waals surface area contributed by atoms with Crippen LogP contribution in [-0.4, -0.2) is 12.5 Å². The number of hydrogen-bond donors (Lipinski definition) is 1. The molecule has 0 amide bonds. The predicted octanol–water partition coefficient (Wildman–Crippen LogP) is 1.84. The first-order valence-electron chi connectivity index (χ1n) is 4.32. The number of benzene rings is 1. The summed E-state index contributed by atoms with van der Waals surface area (Å²) in [6.45, 7) is 0.644. The van der Waals surface area contributed by atoms with Crippen LogP contribution in [0.2, 0.25) is 0 Å². The fourth-order valence-electron chi connectivity index (χ4n) is 0.934. The van der Waals surface area contributed by atoms with Gasteiger partial charge in [-0.1, -0.05) is 28.1 Å². The van der Waals surface area contributed by atoms with Crippen LogP contribution in [-0.2, 0) is 16.1 Å². The number of carbonyl (C=O) groups excluding carboxylic acids is 1. The van der Waals surface area contributed by atoms with Gasteiger partial charge in [-0.25, -0.2) is 0 Å². The van der Waals surface area contributed by atoms with Crippen LogP contribution in [0.5, 0.6) is 0 Å². The molecule has 1 aromatic carbocycles. The van der Waals surface area contributed by atoms with E-state index in [2.05, 4.69) is 15.9 Å². The molecule has 0 aliphatic rings. The number of hydrogen-bond acceptors (Lipinski definition) is 3. The third kappa shape index (κ3) is 3.89. The van der Waals surface area contributed by atoms with E-state index < -0.39 is 0 Å². The average molecular weight is 258 g/mol. The van der Waals surface area contributed by atoms with Gasteiger partial charge in [0.15, 0.2) is 0 Å². The molecule has 1 aromatic rings. The summed E-state index contributed by atoms with van der Waals surface area (Å²) in [5.74, 6) is -0.254. The highest BCUT2D eigenvalue weighted by Crippen LogP contribution is 2.11. The van der Waals surface area contributed by atoms with E-state index in [9.17, 15) is 4.79 Å². The Morgan fingerprint density at radius 1 is 1.36 bits per heavy atom. The molecule has 0 atom stereocenters. The lowest BCUT2D eigenvalue weighted by atomic mass is 10.2. The van der Waals surface area contributed by atoms with E-state index in [1.54, 1.807) is 0 Å². The highest BCUT2D eigenvalue weighted by molar-refractivity contribution is 9.10. The Labute approximate surface area is 91.4 Å². The molecule has 0 saturated carbocycles. The Bertz CT molecular complexity index is 297. The fraction of sp³-hybridized carbons (Fsp3) is 0.300. The van der Waals surface area contributed by atoms with Crippen molar-refractivity contribution in [1.82, 2.24) is 0 Å². The van der Waals surface area contributed by atoms with Gasteiger partial charge < -0.3 is 10.5 Å². The van der Waals surface area contributed by atoms with E-state index in [-0.39, 0.29) is 12.4 Å². The molecule has 1 rings (SSSR count). The van der Waals surface area contributed by atoms with Crippen molar-refractivity contribution >= 4 is 21.9 Å². The maximum Gasteiger partial charge on any atom is 0.307 e. The Balaban J connectivity index is 2.38. The summed E-state index contributed by atoms with van der Waals surface area (Å²) in [5.41, 5.74) is 6.18. The van der Waals surface area contributed by atoms with Crippen LogP contribution in [0.3, 0.4) is 0 Å². The summed E-state index contributed by atoms with van der Waals surface area (Å²) in [4.78, 5) is 11.0. The van der Waals surface area contributed by atoms with Gasteiger partial charge in [-0.05, 0) is 17.7 Å². The first-order valence-corrected chi connectivity index (χ1v) is 5.12. The molecule has 0 aromatic heterocycles. The van der Waals surface area contributed by atoms with Crippen molar-refractivity contribution in [2.45, 2.75) is 13.0 Å². The van der Waals surface area contributed by atoms with Crippen LogP contribution in [0.1, 0.15) is 12.0 Å². The van der Waals surface area contributed by atoms with Gasteiger partial charge in [0.2, 0.25) is 0 Å². The van der Waals surface area contributed by atoms with Gasteiger partial charge in [-0.2, -0.15) is 0 Å². The third-order valence-corrected chi connectivity index (χ3v) is 2.19. The number of esters is 1. The number of ether oxygens (including phenoxy) is 1. The largest absolute Gasteiger partial charge is 0.461 e. The Kier molecular flexibility index (Phi) is 4.62. The average Bonchev–Trinajstić information content (AvgIpc) is 2.17. The van der Waals surface area contributed by atoms with Crippen molar-refractivity contribution in [3.63, 3.8) is 0 Å². The number of rotatable bonds is 4. The molecule has 0 spiro atoms. The lowest BCUT2D eigenvalue weighted by Gasteiger charge is -2.03. The first kappa shape index (κ1) is 11.2. The van der Waals surface area contributed by atoms with Crippen molar-refractivity contribution in [1.29, 1.82) is 0 Å². The Hall–Kier alpha value is -0.870. The summed E-state index contributed by atoms with van der Waals surface area (Å²) in [6.07, 6.45) is 0.274. The minimum absolute atomic E-state index is 0.254. The van der Waals surface area contributed by atoms with Crippen molar-refractivity contribution in [3.05, 3.63) is 34.3 Å². The molecule has 0 radical (unpaired) electrons. The minimum atomic E-state index is -0.254. The van der Waals surface area contributed by atoms with E-state index in [4.69, 9.17) is 10.5 Å². The minimum Gasteiger partial charge on any atom is -0.461 e. The van der Waals surface area contributed by atoms with Gasteiger partial charge in [0.1, 0.15) is 6.61 Å². The zero-order valence-electron chi connectivity index (χ0n) is 7.70. The van der Waals surface area contributed by atoms with Crippen molar-refractivity contribution in [3.8, 4) is 0 Å². The summed E-state index contributed by atoms with van der Waals surface area (Å²) < 4.78 is 5.98. The van der Waals surface area contributed by atoms with Crippen molar-refractivity contribution < 1.29 is 9.53 Å². The zero-order chi connectivity index (χ0) is 10.4. The van der Waals surface area contributed by atoms with Gasteiger partial charge in [0.25, 0.3) is 0 Å². The second-order valence-corrected chi connectivity index (χ2v) is 3.74. The number of halogens is 1. The van der Waals surface area contributed by atoms with Crippen molar-refractivity contribution in [2.24, 2.45) is 5.73 Å². The second kappa shape index (κ2) is 5.78. The molecule has 0 saturated heterocycles. The molecule has 76 valence electrons. The maximum atomic E-state index is 11.0. The normalized spacial score (nSPS) is 9.86. The number of carbonyl (C=O) groups is 1. The molecule has 0 aliphatic heterocycles. The van der Waals surface area contributed by atoms with E-state index in [0.717, 1.165) is 10.0 Å². The maximum absolute atomic E-state index is 11.0. The topological polar surface area (TPSA) is 52.3 Å². The highest BCUT2D eigenvalue weighted by Gasteiger charge is 2.01. The molecule has 0 bridgehead atoms. The molecular formula is C10H12BrNO2. The highest BCUT2D eigenvalue weighted by atomic mass is 79.9. The van der Waals surface area contributed by atoms with Crippen LogP contribution in [0.15, 0.2) is 28.7 Å². The van der Waals surface area contributed by atoms with E-state index in [0.29, 0.717) is 13.2 Å². The van der Waals surface area contributed by atoms with Gasteiger partial charge in [0, 0.05) is 11.0 Å². The molecular weight excluding hydrogens is 246 g/mol. The number of nitrogens with two attached hydrogens (primary N) is 1. The summed E-state index contributed by atoms with van der Waals surface area (Å²) in [7, 11) is 0. The van der Waals surface area contributed by atoms with Crippen LogP contribution in [0.25, 0.3) is 0 Å². The predicted molar refractivity (Wildman–Crippen MR) is 57.6 cm³/mol. The van der Waals surface area contributed by atoms with Crippen LogP contribution >= 0.6 is 15.9 Å². The standard InChI is InChI=1S/C10H12BrNO2/c11-9-3-1-8(2-4-9)7-14-10(13)5-6-12/h1-4H,5-7,12H2. The molecule has 3 nitrogen and oxygen atoms in total. The van der Waals surface area contributed by atoms with E-state index in [1.807, 2.05) is 24.3 Å². The van der Waals surface area contributed by atoms with Gasteiger partial charge in [-0.15, -0.1) is 0 Å². The Morgan fingerprint density at radius 2 is 2.00 bits per heavy atom. The lowest BCUT2D eigenvalue weighted by Crippen LogP contribution is -2.10. The molecule has 14 heavy (non-hydrogen) atoms. The van der Waals surface area contributed by atoms with E-state index in [1.165, 1.54) is 0 Å². The molecule has 0 heterocycles. The van der Waals surface area contributed by atoms with Crippen molar-refractivity contribution in [2.75, 3.05) is 6.54 Å². The molecule has 4 heteroatoms. The van der Waals surface area contributed by atoms with Gasteiger partial charge in [0.05, 0.1) is 6.42 Å². The SMILES string of the molecule is NCCC(=O)OCc1ccc(Br)cc1. The van der Waals surface area contributed by atoms with Gasteiger partial charge >= 0.3 is 5.97 Å². The molecule has 0 fully saturated rings. The zero-order valence-corrected chi connectivity index (χ0v) is 9.29. The summed E-state index contributed by atoms with van der Waals surface area (Å²) in [5, 5.41) is 0. The lowest BCUT2D eigenvalue weighted by molar-refractivity contribution is -0.144. The fourth-order valence-corrected chi connectivity index (χ4v) is 1.20.